The lowest BCUT2D eigenvalue weighted by Gasteiger charge is -2.30. The van der Waals surface area contributed by atoms with Gasteiger partial charge in [0.25, 0.3) is 0 Å². The minimum atomic E-state index is -4.60. The van der Waals surface area contributed by atoms with Crippen LogP contribution in [-0.2, 0) is 16.2 Å². The average Bonchev–Trinajstić information content (AvgIpc) is 3.16. The molecule has 1 aliphatic heterocycles. The lowest BCUT2D eigenvalue weighted by atomic mass is 10.1. The molecule has 1 aromatic carbocycles. The number of rotatable bonds is 6. The van der Waals surface area contributed by atoms with E-state index in [1.54, 1.807) is 12.1 Å². The van der Waals surface area contributed by atoms with Gasteiger partial charge >= 0.3 is 6.18 Å². The fraction of sp³-hybridized carbons (Fsp3) is 0.444. The van der Waals surface area contributed by atoms with Crippen LogP contribution < -0.4 is 9.62 Å². The molecule has 1 atom stereocenters. The highest BCUT2D eigenvalue weighted by Gasteiger charge is 2.33. The Morgan fingerprint density at radius 2 is 1.85 bits per heavy atom. The van der Waals surface area contributed by atoms with E-state index in [1.165, 1.54) is 11.2 Å². The largest absolute Gasteiger partial charge is 0.463 e. The van der Waals surface area contributed by atoms with Gasteiger partial charge in [-0.25, -0.2) is 13.1 Å². The lowest BCUT2D eigenvalue weighted by Crippen LogP contribution is -3.13. The minimum absolute atomic E-state index is 0.0570. The Kier molecular flexibility index (Phi) is 5.92. The van der Waals surface area contributed by atoms with E-state index in [0.29, 0.717) is 11.8 Å². The molecule has 0 aliphatic carbocycles. The molecule has 5 nitrogen and oxygen atoms in total. The van der Waals surface area contributed by atoms with Gasteiger partial charge in [-0.3, -0.25) is 0 Å². The van der Waals surface area contributed by atoms with Crippen molar-refractivity contribution in [3.8, 4) is 0 Å². The van der Waals surface area contributed by atoms with Crippen LogP contribution in [-0.4, -0.2) is 28.1 Å². The minimum Gasteiger partial charge on any atom is -0.463 e. The van der Waals surface area contributed by atoms with Crippen molar-refractivity contribution >= 4 is 10.0 Å². The second-order valence-electron chi connectivity index (χ2n) is 6.66. The highest BCUT2D eigenvalue weighted by Crippen LogP contribution is 2.30. The molecule has 1 fully saturated rings. The molecule has 0 spiro atoms. The summed E-state index contributed by atoms with van der Waals surface area (Å²) in [4.78, 5) is 0.812. The number of likely N-dealkylation sites (tertiary alicyclic amines) is 1. The Morgan fingerprint density at radius 1 is 1.11 bits per heavy atom. The van der Waals surface area contributed by atoms with Crippen LogP contribution in [0.1, 0.15) is 36.6 Å². The van der Waals surface area contributed by atoms with E-state index >= 15 is 0 Å². The topological polar surface area (TPSA) is 63.8 Å². The molecule has 0 amide bonds. The van der Waals surface area contributed by atoms with E-state index in [4.69, 9.17) is 4.42 Å². The third kappa shape index (κ3) is 4.91. The van der Waals surface area contributed by atoms with Gasteiger partial charge in [0.2, 0.25) is 10.0 Å². The molecule has 1 saturated heterocycles. The van der Waals surface area contributed by atoms with Crippen LogP contribution >= 0.6 is 0 Å². The summed E-state index contributed by atoms with van der Waals surface area (Å²) in [5, 5.41) is 0. The fourth-order valence-corrected chi connectivity index (χ4v) is 4.50. The number of benzene rings is 1. The lowest BCUT2D eigenvalue weighted by molar-refractivity contribution is -0.935. The monoisotopic (exact) mass is 403 g/mol. The first-order valence-electron chi connectivity index (χ1n) is 8.82. The first-order chi connectivity index (χ1) is 12.8. The van der Waals surface area contributed by atoms with Crippen LogP contribution in [0.25, 0.3) is 0 Å². The van der Waals surface area contributed by atoms with E-state index in [1.807, 2.05) is 0 Å². The number of furan rings is 1. The average molecular weight is 403 g/mol. The highest BCUT2D eigenvalue weighted by molar-refractivity contribution is 7.89. The highest BCUT2D eigenvalue weighted by atomic mass is 32.2. The number of piperidine rings is 1. The molecule has 2 aromatic rings. The van der Waals surface area contributed by atoms with Crippen molar-refractivity contribution in [2.75, 3.05) is 19.6 Å². The third-order valence-electron chi connectivity index (χ3n) is 4.82. The van der Waals surface area contributed by atoms with Crippen molar-refractivity contribution in [1.29, 1.82) is 0 Å². The second-order valence-corrected chi connectivity index (χ2v) is 8.43. The zero-order valence-electron chi connectivity index (χ0n) is 14.6. The Hall–Kier alpha value is -1.84. The van der Waals surface area contributed by atoms with Crippen LogP contribution in [0.2, 0.25) is 0 Å². The van der Waals surface area contributed by atoms with Crippen LogP contribution in [0, 0.1) is 0 Å². The van der Waals surface area contributed by atoms with Gasteiger partial charge in [0, 0.05) is 0 Å². The van der Waals surface area contributed by atoms with E-state index in [9.17, 15) is 21.6 Å². The number of halogens is 3. The summed E-state index contributed by atoms with van der Waals surface area (Å²) >= 11 is 0. The summed E-state index contributed by atoms with van der Waals surface area (Å²) in [7, 11) is -4.07. The predicted octanol–water partition coefficient (Wildman–Crippen LogP) is 2.39. The molecule has 1 aromatic heterocycles. The van der Waals surface area contributed by atoms with Crippen LogP contribution in [0.5, 0.6) is 0 Å². The van der Waals surface area contributed by atoms with E-state index in [-0.39, 0.29) is 12.6 Å². The van der Waals surface area contributed by atoms with Crippen molar-refractivity contribution in [3.05, 3.63) is 54.0 Å². The maximum Gasteiger partial charge on any atom is 0.416 e. The van der Waals surface area contributed by atoms with Crippen molar-refractivity contribution in [1.82, 2.24) is 4.72 Å². The molecule has 3 rings (SSSR count). The first kappa shape index (κ1) is 19.9. The molecule has 0 bridgehead atoms. The molecule has 0 radical (unpaired) electrons. The van der Waals surface area contributed by atoms with Gasteiger partial charge in [-0.15, -0.1) is 0 Å². The summed E-state index contributed by atoms with van der Waals surface area (Å²) < 4.78 is 71.6. The summed E-state index contributed by atoms with van der Waals surface area (Å²) in [5.41, 5.74) is -0.991. The number of alkyl halides is 3. The van der Waals surface area contributed by atoms with Gasteiger partial charge in [0.05, 0.1) is 36.4 Å². The predicted molar refractivity (Wildman–Crippen MR) is 92.6 cm³/mol. The Morgan fingerprint density at radius 3 is 2.48 bits per heavy atom. The molecular weight excluding hydrogens is 381 g/mol. The Labute approximate surface area is 156 Å². The second kappa shape index (κ2) is 8.04. The maximum atomic E-state index is 12.9. The molecule has 9 heteroatoms. The summed E-state index contributed by atoms with van der Waals surface area (Å²) in [6, 6.07) is 7.07. The van der Waals surface area contributed by atoms with Gasteiger partial charge in [-0.05, 0) is 49.6 Å². The first-order valence-corrected chi connectivity index (χ1v) is 10.3. The van der Waals surface area contributed by atoms with Gasteiger partial charge in [0.15, 0.2) is 11.8 Å². The van der Waals surface area contributed by atoms with Crippen LogP contribution in [0.3, 0.4) is 0 Å². The maximum absolute atomic E-state index is 12.9. The number of hydrogen-bond acceptors (Lipinski definition) is 3. The Bertz CT molecular complexity index is 845. The van der Waals surface area contributed by atoms with E-state index in [0.717, 1.165) is 50.6 Å². The summed E-state index contributed by atoms with van der Waals surface area (Å²) in [6.45, 7) is 1.86. The fourth-order valence-electron chi connectivity index (χ4n) is 3.41. The molecular formula is C18H22F3N2O3S+. The SMILES string of the molecule is O=S(=O)(NC[C@@H](c1ccco1)[NH+]1CCCCC1)c1cccc(C(F)(F)F)c1. The summed E-state index contributed by atoms with van der Waals surface area (Å²) in [5.74, 6) is 0.665. The van der Waals surface area contributed by atoms with Crippen LogP contribution in [0.4, 0.5) is 13.2 Å². The smallest absolute Gasteiger partial charge is 0.416 e. The molecule has 2 N–H and O–H groups in total. The Balaban J connectivity index is 1.78. The molecule has 2 heterocycles. The molecule has 0 unspecified atom stereocenters. The van der Waals surface area contributed by atoms with Crippen molar-refractivity contribution in [2.24, 2.45) is 0 Å². The molecule has 27 heavy (non-hydrogen) atoms. The summed E-state index contributed by atoms with van der Waals surface area (Å²) in [6.07, 6.45) is 0.178. The van der Waals surface area contributed by atoms with Crippen molar-refractivity contribution in [3.63, 3.8) is 0 Å². The van der Waals surface area contributed by atoms with E-state index < -0.39 is 26.7 Å². The molecule has 1 aliphatic rings. The quantitative estimate of drug-likeness (QED) is 0.779. The van der Waals surface area contributed by atoms with Crippen molar-refractivity contribution < 1.29 is 30.9 Å². The zero-order valence-corrected chi connectivity index (χ0v) is 15.4. The standard InChI is InChI=1S/C18H21F3N2O3S/c19-18(20,21)14-6-4-7-15(12-14)27(24,25)22-13-16(17-8-5-11-26-17)23-9-2-1-3-10-23/h4-8,11-12,16,22H,1-3,9-10,13H2/p+1/t16-/m0/s1. The number of hydrogen-bond donors (Lipinski definition) is 2. The third-order valence-corrected chi connectivity index (χ3v) is 6.25. The molecule has 148 valence electrons. The van der Waals surface area contributed by atoms with Crippen molar-refractivity contribution in [2.45, 2.75) is 36.4 Å². The number of sulfonamides is 1. The zero-order chi connectivity index (χ0) is 19.5. The van der Waals surface area contributed by atoms with Gasteiger partial charge in [-0.2, -0.15) is 13.2 Å². The number of quaternary nitrogens is 1. The van der Waals surface area contributed by atoms with Gasteiger partial charge in [0.1, 0.15) is 0 Å². The van der Waals surface area contributed by atoms with Gasteiger partial charge < -0.3 is 9.32 Å². The molecule has 0 saturated carbocycles. The number of nitrogens with one attached hydrogen (secondary N) is 2. The van der Waals surface area contributed by atoms with Gasteiger partial charge in [-0.1, -0.05) is 6.07 Å². The van der Waals surface area contributed by atoms with Crippen LogP contribution in [0.15, 0.2) is 52.0 Å². The normalized spacial score (nSPS) is 17.7. The van der Waals surface area contributed by atoms with E-state index in [2.05, 4.69) is 4.72 Å².